The predicted molar refractivity (Wildman–Crippen MR) is 130 cm³/mol. The SMILES string of the molecule is C.C.C.C.CCC(C)(C)CC(N)CS(=O)(=O)O.CCC(C)(C)CC([NH3+])CS(=O)(=O)[O-]. The summed E-state index contributed by atoms with van der Waals surface area (Å²) < 4.78 is 60.8. The van der Waals surface area contributed by atoms with E-state index in [9.17, 15) is 21.4 Å². The van der Waals surface area contributed by atoms with Crippen LogP contribution in [-0.2, 0) is 20.2 Å². The molecule has 0 aliphatic rings. The lowest BCUT2D eigenvalue weighted by molar-refractivity contribution is -0.417. The summed E-state index contributed by atoms with van der Waals surface area (Å²) in [6.45, 7) is 12.2. The zero-order valence-electron chi connectivity index (χ0n) is 17.0. The van der Waals surface area contributed by atoms with Gasteiger partial charge in [-0.2, -0.15) is 8.42 Å². The predicted octanol–water partition coefficient (Wildman–Crippen LogP) is 3.54. The Morgan fingerprint density at radius 3 is 1.47 bits per heavy atom. The van der Waals surface area contributed by atoms with Gasteiger partial charge in [-0.05, 0) is 17.3 Å². The Morgan fingerprint density at radius 1 is 0.867 bits per heavy atom. The lowest BCUT2D eigenvalue weighted by Gasteiger charge is -2.25. The summed E-state index contributed by atoms with van der Waals surface area (Å²) in [4.78, 5) is 0. The molecule has 30 heavy (non-hydrogen) atoms. The zero-order valence-corrected chi connectivity index (χ0v) is 18.6. The Kier molecular flexibility index (Phi) is 25.2. The van der Waals surface area contributed by atoms with Crippen molar-refractivity contribution in [3.8, 4) is 0 Å². The molecular formula is C20H54N2O6S2. The molecule has 0 aliphatic heterocycles. The first-order valence-corrected chi connectivity index (χ1v) is 12.0. The van der Waals surface area contributed by atoms with E-state index in [4.69, 9.17) is 10.3 Å². The standard InChI is InChI=1S/2C8H19NO3S.4CH4/c2*1-4-8(2,3)5-7(9)6-13(10,11)12;;;;/h2*7H,4-6,9H2,1-3H3,(H,10,11,12);4*1H4. The minimum absolute atomic E-state index is 0. The summed E-state index contributed by atoms with van der Waals surface area (Å²) >= 11 is 0. The van der Waals surface area contributed by atoms with E-state index in [1.54, 1.807) is 0 Å². The Morgan fingerprint density at radius 2 is 1.20 bits per heavy atom. The highest BCUT2D eigenvalue weighted by Crippen LogP contribution is 2.26. The van der Waals surface area contributed by atoms with Crippen LogP contribution in [0.15, 0.2) is 0 Å². The highest BCUT2D eigenvalue weighted by Gasteiger charge is 2.23. The van der Waals surface area contributed by atoms with Crippen molar-refractivity contribution in [2.75, 3.05) is 11.5 Å². The van der Waals surface area contributed by atoms with Gasteiger partial charge < -0.3 is 16.0 Å². The van der Waals surface area contributed by atoms with Crippen molar-refractivity contribution in [3.63, 3.8) is 0 Å². The number of hydrogen-bond donors (Lipinski definition) is 3. The van der Waals surface area contributed by atoms with Gasteiger partial charge in [0.1, 0.15) is 10.1 Å². The molecule has 8 nitrogen and oxygen atoms in total. The topological polar surface area (TPSA) is 165 Å². The second-order valence-electron chi connectivity index (χ2n) is 8.54. The second kappa shape index (κ2) is 17.3. The van der Waals surface area contributed by atoms with Crippen LogP contribution in [0.4, 0.5) is 0 Å². The molecule has 0 aromatic carbocycles. The molecule has 0 spiro atoms. The molecular weight excluding hydrogens is 428 g/mol. The van der Waals surface area contributed by atoms with E-state index >= 15 is 0 Å². The normalized spacial score (nSPS) is 13.7. The summed E-state index contributed by atoms with van der Waals surface area (Å²) in [6, 6.07) is -0.776. The highest BCUT2D eigenvalue weighted by molar-refractivity contribution is 7.86. The molecule has 0 fully saturated rings. The third kappa shape index (κ3) is 29.9. The van der Waals surface area contributed by atoms with Gasteiger partial charge in [0.15, 0.2) is 0 Å². The average molecular weight is 483 g/mol. The largest absolute Gasteiger partial charge is 0.748 e. The summed E-state index contributed by atoms with van der Waals surface area (Å²) in [7, 11) is -8.05. The quantitative estimate of drug-likeness (QED) is 0.400. The third-order valence-electron chi connectivity index (χ3n) is 4.43. The smallest absolute Gasteiger partial charge is 0.266 e. The van der Waals surface area contributed by atoms with Gasteiger partial charge >= 0.3 is 0 Å². The van der Waals surface area contributed by atoms with E-state index in [1.165, 1.54) is 0 Å². The highest BCUT2D eigenvalue weighted by atomic mass is 32.2. The second-order valence-corrected chi connectivity index (χ2v) is 11.5. The van der Waals surface area contributed by atoms with Gasteiger partial charge in [-0.15, -0.1) is 0 Å². The van der Waals surface area contributed by atoms with Crippen LogP contribution in [0.25, 0.3) is 0 Å². The van der Waals surface area contributed by atoms with Crippen molar-refractivity contribution in [1.29, 1.82) is 0 Å². The van der Waals surface area contributed by atoms with Gasteiger partial charge in [-0.25, -0.2) is 8.42 Å². The van der Waals surface area contributed by atoms with Crippen LogP contribution in [0.5, 0.6) is 0 Å². The van der Waals surface area contributed by atoms with Gasteiger partial charge in [0, 0.05) is 12.5 Å². The molecule has 2 unspecified atom stereocenters. The molecule has 0 bridgehead atoms. The summed E-state index contributed by atoms with van der Waals surface area (Å²) in [5, 5.41) is 0. The van der Waals surface area contributed by atoms with Crippen LogP contribution in [0.3, 0.4) is 0 Å². The molecule has 0 aromatic rings. The van der Waals surface area contributed by atoms with E-state index in [2.05, 4.69) is 5.73 Å². The number of quaternary nitrogens is 1. The molecule has 192 valence electrons. The van der Waals surface area contributed by atoms with E-state index < -0.39 is 26.3 Å². The van der Waals surface area contributed by atoms with Crippen molar-refractivity contribution < 1.29 is 31.7 Å². The fraction of sp³-hybridized carbons (Fsp3) is 1.00. The molecule has 6 N–H and O–H groups in total. The average Bonchev–Trinajstić information content (AvgIpc) is 2.33. The molecule has 0 saturated heterocycles. The van der Waals surface area contributed by atoms with Gasteiger partial charge in [0.05, 0.1) is 17.5 Å². The molecule has 0 heterocycles. The molecule has 2 atom stereocenters. The Hall–Kier alpha value is -0.260. The number of rotatable bonds is 10. The molecule has 0 aromatic heterocycles. The van der Waals surface area contributed by atoms with Crippen molar-refractivity contribution in [2.45, 2.75) is 109 Å². The van der Waals surface area contributed by atoms with E-state index in [1.807, 2.05) is 41.5 Å². The first-order valence-electron chi connectivity index (χ1n) is 8.80. The molecule has 10 heteroatoms. The van der Waals surface area contributed by atoms with Gasteiger partial charge in [-0.1, -0.05) is 84.1 Å². The first kappa shape index (κ1) is 43.6. The zero-order chi connectivity index (χ0) is 21.4. The third-order valence-corrected chi connectivity index (χ3v) is 6.16. The lowest BCUT2D eigenvalue weighted by atomic mass is 9.84. The summed E-state index contributed by atoms with van der Waals surface area (Å²) in [6.07, 6.45) is 3.17. The van der Waals surface area contributed by atoms with Crippen molar-refractivity contribution >= 4 is 20.2 Å². The van der Waals surface area contributed by atoms with Crippen LogP contribution in [-0.4, -0.2) is 49.5 Å². The van der Waals surface area contributed by atoms with Crippen LogP contribution in [0.2, 0.25) is 0 Å². The van der Waals surface area contributed by atoms with Gasteiger partial charge in [0.25, 0.3) is 10.1 Å². The molecule has 0 radical (unpaired) electrons. The van der Waals surface area contributed by atoms with Crippen LogP contribution in [0, 0.1) is 10.8 Å². The molecule has 0 amide bonds. The molecule has 0 aliphatic carbocycles. The number of hydrogen-bond acceptors (Lipinski definition) is 6. The minimum atomic E-state index is -4.12. The maximum atomic E-state index is 10.5. The first-order chi connectivity index (χ1) is 11.3. The Labute approximate surface area is 189 Å². The van der Waals surface area contributed by atoms with Crippen LogP contribution in [0.1, 0.15) is 96.9 Å². The monoisotopic (exact) mass is 482 g/mol. The van der Waals surface area contributed by atoms with Crippen LogP contribution < -0.4 is 11.5 Å². The Bertz CT molecular complexity index is 549. The van der Waals surface area contributed by atoms with Crippen molar-refractivity contribution in [1.82, 2.24) is 0 Å². The van der Waals surface area contributed by atoms with Gasteiger partial charge in [-0.3, -0.25) is 4.55 Å². The van der Waals surface area contributed by atoms with E-state index in [0.717, 1.165) is 12.8 Å². The summed E-state index contributed by atoms with van der Waals surface area (Å²) in [5.41, 5.74) is 9.36. The van der Waals surface area contributed by atoms with Crippen LogP contribution >= 0.6 is 0 Å². The van der Waals surface area contributed by atoms with Gasteiger partial charge in [0.2, 0.25) is 0 Å². The fourth-order valence-corrected chi connectivity index (χ4v) is 3.81. The molecule has 0 saturated carbocycles. The minimum Gasteiger partial charge on any atom is -0.748 e. The van der Waals surface area contributed by atoms with Crippen molar-refractivity contribution in [2.24, 2.45) is 16.6 Å². The molecule has 0 rings (SSSR count). The van der Waals surface area contributed by atoms with E-state index in [-0.39, 0.29) is 58.1 Å². The Balaban J connectivity index is -0.0000000847. The van der Waals surface area contributed by atoms with E-state index in [0.29, 0.717) is 12.8 Å². The lowest BCUT2D eigenvalue weighted by Crippen LogP contribution is -2.64. The summed E-state index contributed by atoms with van der Waals surface area (Å²) in [5.74, 6) is -0.702. The fourth-order valence-electron chi connectivity index (χ4n) is 2.46. The maximum Gasteiger partial charge on any atom is 0.266 e. The maximum absolute atomic E-state index is 10.5. The van der Waals surface area contributed by atoms with Crippen molar-refractivity contribution in [3.05, 3.63) is 0 Å². The number of nitrogens with two attached hydrogens (primary N) is 1.